The van der Waals surface area contributed by atoms with Gasteiger partial charge in [0.05, 0.1) is 13.2 Å². The van der Waals surface area contributed by atoms with Crippen LogP contribution >= 0.6 is 8.60 Å². The van der Waals surface area contributed by atoms with Crippen LogP contribution in [0.15, 0.2) is 24.3 Å². The number of rotatable bonds is 32. The van der Waals surface area contributed by atoms with Gasteiger partial charge < -0.3 is 18.7 Å². The van der Waals surface area contributed by atoms with Crippen molar-refractivity contribution in [3.05, 3.63) is 57.6 Å². The highest BCUT2D eigenvalue weighted by Gasteiger charge is 2.29. The molecule has 57 heavy (non-hydrogen) atoms. The maximum absolute atomic E-state index is 11.0. The minimum absolute atomic E-state index is 0.137. The van der Waals surface area contributed by atoms with Crippen LogP contribution in [0.25, 0.3) is 0 Å². The average Bonchev–Trinajstić information content (AvgIpc) is 3.14. The third kappa shape index (κ3) is 20.5. The largest absolute Gasteiger partial charge is 0.508 e. The first-order chi connectivity index (χ1) is 27.2. The van der Waals surface area contributed by atoms with Crippen LogP contribution in [0.5, 0.6) is 11.5 Å². The lowest BCUT2D eigenvalue weighted by Crippen LogP contribution is -2.17. The van der Waals surface area contributed by atoms with Gasteiger partial charge >= 0.3 is 8.60 Å². The highest BCUT2D eigenvalue weighted by Crippen LogP contribution is 2.47. The second kappa shape index (κ2) is 28.8. The van der Waals surface area contributed by atoms with Gasteiger partial charge in [-0.25, -0.2) is 0 Å². The number of aryl methyl sites for hydroxylation is 2. The number of unbranched alkanes of at least 4 members (excludes halogenated alkanes) is 20. The zero-order valence-corrected chi connectivity index (χ0v) is 40.3. The van der Waals surface area contributed by atoms with Crippen molar-refractivity contribution >= 4 is 8.60 Å². The Labute approximate surface area is 355 Å². The molecule has 0 bridgehead atoms. The van der Waals surface area contributed by atoms with Crippen LogP contribution in [0.2, 0.25) is 0 Å². The molecule has 0 aliphatic rings. The first-order valence-electron chi connectivity index (χ1n) is 24.0. The van der Waals surface area contributed by atoms with Crippen LogP contribution in [0.1, 0.15) is 256 Å². The molecule has 328 valence electrons. The van der Waals surface area contributed by atoms with Crippen molar-refractivity contribution in [3.8, 4) is 11.5 Å². The predicted molar refractivity (Wildman–Crippen MR) is 251 cm³/mol. The number of phenolic OH excluding ortho intramolecular Hbond substituents is 1. The highest BCUT2D eigenvalue weighted by atomic mass is 31.2. The summed E-state index contributed by atoms with van der Waals surface area (Å²) >= 11 is 0. The summed E-state index contributed by atoms with van der Waals surface area (Å²) in [6.07, 6.45) is 31.1. The van der Waals surface area contributed by atoms with E-state index in [0.717, 1.165) is 42.6 Å². The molecule has 0 saturated heterocycles. The standard InChI is InChI=1S/C52H91O4P/c1-12-15-17-19-21-23-25-27-29-31-33-36-54-57(55-37-34-32-30-28-26-24-22-20-18-16-13-2)56-50-39-43(5)46(41-48(50)52(9,10)11)44(35-14-3)45-40-47(51(6,7)8)49(53)38-42(45)4/h38-41,44,53H,12-37H2,1-11H3. The minimum Gasteiger partial charge on any atom is -0.508 e. The molecular formula is C52H91O4P. The van der Waals surface area contributed by atoms with E-state index >= 15 is 0 Å². The minimum atomic E-state index is -1.52. The van der Waals surface area contributed by atoms with Gasteiger partial charge in [0.2, 0.25) is 0 Å². The average molecular weight is 811 g/mol. The van der Waals surface area contributed by atoms with Crippen LogP contribution in [-0.4, -0.2) is 18.3 Å². The van der Waals surface area contributed by atoms with Crippen LogP contribution in [-0.2, 0) is 19.9 Å². The van der Waals surface area contributed by atoms with Crippen molar-refractivity contribution < 1.29 is 18.7 Å². The Kier molecular flexibility index (Phi) is 26.0. The molecule has 0 aliphatic heterocycles. The SMILES string of the molecule is CCCCCCCCCCCCCOP(OCCCCCCCCCCCCC)Oc1cc(C)c(C(CCC)c2cc(C(C)(C)C)c(O)cc2C)cc1C(C)(C)C. The third-order valence-electron chi connectivity index (χ3n) is 11.8. The summed E-state index contributed by atoms with van der Waals surface area (Å²) in [4.78, 5) is 0. The summed E-state index contributed by atoms with van der Waals surface area (Å²) in [5.74, 6) is 1.51. The molecule has 5 heteroatoms. The second-order valence-electron chi connectivity index (χ2n) is 19.3. The fraction of sp³-hybridized carbons (Fsp3) is 0.769. The predicted octanol–water partition coefficient (Wildman–Crippen LogP) is 17.8. The Balaban J connectivity index is 2.18. The fourth-order valence-corrected chi connectivity index (χ4v) is 9.22. The van der Waals surface area contributed by atoms with E-state index in [1.54, 1.807) is 0 Å². The molecule has 0 aromatic heterocycles. The molecule has 2 rings (SSSR count). The molecule has 0 radical (unpaired) electrons. The molecule has 2 aromatic carbocycles. The lowest BCUT2D eigenvalue weighted by molar-refractivity contribution is 0.197. The van der Waals surface area contributed by atoms with Gasteiger partial charge in [0.1, 0.15) is 11.5 Å². The zero-order valence-electron chi connectivity index (χ0n) is 39.4. The molecular weight excluding hydrogens is 720 g/mol. The van der Waals surface area contributed by atoms with Gasteiger partial charge in [0, 0.05) is 11.5 Å². The zero-order chi connectivity index (χ0) is 42.1. The summed E-state index contributed by atoms with van der Waals surface area (Å²) in [6.45, 7) is 26.0. The Morgan fingerprint density at radius 2 is 0.860 bits per heavy atom. The molecule has 0 heterocycles. The molecule has 0 spiro atoms. The van der Waals surface area contributed by atoms with Gasteiger partial charge in [0.25, 0.3) is 0 Å². The lowest BCUT2D eigenvalue weighted by Gasteiger charge is -2.30. The molecule has 0 aliphatic carbocycles. The summed E-state index contributed by atoms with van der Waals surface area (Å²) < 4.78 is 19.8. The van der Waals surface area contributed by atoms with E-state index in [2.05, 4.69) is 94.4 Å². The Morgan fingerprint density at radius 3 is 1.25 bits per heavy atom. The van der Waals surface area contributed by atoms with E-state index in [-0.39, 0.29) is 16.7 Å². The highest BCUT2D eigenvalue weighted by molar-refractivity contribution is 7.42. The first kappa shape index (κ1) is 51.5. The summed E-state index contributed by atoms with van der Waals surface area (Å²) in [5.41, 5.74) is 6.94. The van der Waals surface area contributed by atoms with Gasteiger partial charge in [-0.05, 0) is 83.9 Å². The van der Waals surface area contributed by atoms with Gasteiger partial charge in [-0.2, -0.15) is 0 Å². The number of phenols is 1. The smallest absolute Gasteiger partial charge is 0.397 e. The lowest BCUT2D eigenvalue weighted by atomic mass is 9.76. The Bertz CT molecular complexity index is 1310. The maximum atomic E-state index is 11.0. The maximum Gasteiger partial charge on any atom is 0.397 e. The summed E-state index contributed by atoms with van der Waals surface area (Å²) in [7, 11) is -1.52. The van der Waals surface area contributed by atoms with Gasteiger partial charge in [0.15, 0.2) is 0 Å². The summed E-state index contributed by atoms with van der Waals surface area (Å²) in [5, 5.41) is 11.0. The van der Waals surface area contributed by atoms with Gasteiger partial charge in [-0.15, -0.1) is 0 Å². The quantitative estimate of drug-likeness (QED) is 0.0591. The van der Waals surface area contributed by atoms with Gasteiger partial charge in [-0.1, -0.05) is 209 Å². The second-order valence-corrected chi connectivity index (χ2v) is 20.5. The molecule has 1 atom stereocenters. The topological polar surface area (TPSA) is 47.9 Å². The molecule has 2 aromatic rings. The van der Waals surface area contributed by atoms with E-state index in [1.165, 1.54) is 151 Å². The van der Waals surface area contributed by atoms with Crippen molar-refractivity contribution in [2.75, 3.05) is 13.2 Å². The van der Waals surface area contributed by atoms with Crippen molar-refractivity contribution in [2.45, 2.75) is 247 Å². The summed E-state index contributed by atoms with van der Waals surface area (Å²) in [6, 6.07) is 8.92. The number of hydrogen-bond acceptors (Lipinski definition) is 4. The molecule has 0 amide bonds. The van der Waals surface area contributed by atoms with Crippen molar-refractivity contribution in [2.24, 2.45) is 0 Å². The van der Waals surface area contributed by atoms with Crippen LogP contribution in [0.4, 0.5) is 0 Å². The first-order valence-corrected chi connectivity index (χ1v) is 25.1. The van der Waals surface area contributed by atoms with Crippen LogP contribution in [0.3, 0.4) is 0 Å². The van der Waals surface area contributed by atoms with E-state index in [4.69, 9.17) is 13.6 Å². The van der Waals surface area contributed by atoms with Crippen molar-refractivity contribution in [1.82, 2.24) is 0 Å². The molecule has 4 nitrogen and oxygen atoms in total. The van der Waals surface area contributed by atoms with Gasteiger partial charge in [-0.3, -0.25) is 0 Å². The van der Waals surface area contributed by atoms with E-state index in [9.17, 15) is 5.11 Å². The number of benzene rings is 2. The Hall–Kier alpha value is -1.61. The van der Waals surface area contributed by atoms with E-state index in [0.29, 0.717) is 19.0 Å². The third-order valence-corrected chi connectivity index (χ3v) is 12.9. The van der Waals surface area contributed by atoms with Crippen molar-refractivity contribution in [3.63, 3.8) is 0 Å². The van der Waals surface area contributed by atoms with Crippen LogP contribution < -0.4 is 4.52 Å². The monoisotopic (exact) mass is 811 g/mol. The van der Waals surface area contributed by atoms with Crippen LogP contribution in [0, 0.1) is 13.8 Å². The molecule has 0 fully saturated rings. The van der Waals surface area contributed by atoms with Crippen molar-refractivity contribution in [1.29, 1.82) is 0 Å². The number of aromatic hydroxyl groups is 1. The van der Waals surface area contributed by atoms with E-state index < -0.39 is 8.60 Å². The fourth-order valence-electron chi connectivity index (χ4n) is 8.17. The number of hydrogen-bond donors (Lipinski definition) is 1. The molecule has 1 unspecified atom stereocenters. The normalized spacial score (nSPS) is 12.8. The molecule has 1 N–H and O–H groups in total. The van der Waals surface area contributed by atoms with E-state index in [1.807, 2.05) is 6.07 Å². The molecule has 0 saturated carbocycles. The Morgan fingerprint density at radius 1 is 0.491 bits per heavy atom.